The van der Waals surface area contributed by atoms with Gasteiger partial charge in [0, 0.05) is 12.7 Å². The van der Waals surface area contributed by atoms with E-state index in [-0.39, 0.29) is 5.56 Å². The third-order valence-electron chi connectivity index (χ3n) is 3.72. The first-order valence-corrected chi connectivity index (χ1v) is 8.76. The third-order valence-corrected chi connectivity index (χ3v) is 4.88. The van der Waals surface area contributed by atoms with Crippen molar-refractivity contribution in [3.8, 4) is 12.3 Å². The van der Waals surface area contributed by atoms with Crippen LogP contribution in [0.1, 0.15) is 32.3 Å². The van der Waals surface area contributed by atoms with Crippen LogP contribution in [0, 0.1) is 18.2 Å². The van der Waals surface area contributed by atoms with Crippen LogP contribution in [0.15, 0.2) is 23.1 Å². The lowest BCUT2D eigenvalue weighted by Gasteiger charge is -2.37. The minimum atomic E-state index is -5.02. The topological polar surface area (TPSA) is 54.4 Å². The van der Waals surface area contributed by atoms with E-state index in [0.717, 1.165) is 12.3 Å². The minimum Gasteiger partial charge on any atom is -0.380 e. The quantitative estimate of drug-likeness (QED) is 0.643. The first kappa shape index (κ1) is 20.5. The van der Waals surface area contributed by atoms with Gasteiger partial charge in [0.15, 0.2) is 15.4 Å². The molecule has 1 N–H and O–H groups in total. The van der Waals surface area contributed by atoms with Gasteiger partial charge in [-0.3, -0.25) is 0 Å². The van der Waals surface area contributed by atoms with Crippen LogP contribution in [0.4, 0.5) is 17.6 Å². The van der Waals surface area contributed by atoms with E-state index in [2.05, 4.69) is 0 Å². The van der Waals surface area contributed by atoms with Gasteiger partial charge in [-0.15, -0.1) is 12.3 Å². The number of aliphatic hydroxyl groups is 1. The Bertz CT molecular complexity index is 761. The summed E-state index contributed by atoms with van der Waals surface area (Å²) in [6.07, 6.45) is -1.24. The zero-order chi connectivity index (χ0) is 19.0. The summed E-state index contributed by atoms with van der Waals surface area (Å²) in [5.41, 5.74) is -4.88. The number of sulfone groups is 1. The van der Waals surface area contributed by atoms with Crippen molar-refractivity contribution in [3.63, 3.8) is 0 Å². The first-order valence-electron chi connectivity index (χ1n) is 6.87. The molecular weight excluding hydrogens is 348 g/mol. The Morgan fingerprint density at radius 2 is 1.79 bits per heavy atom. The lowest BCUT2D eigenvalue weighted by molar-refractivity contribution is -0.264. The van der Waals surface area contributed by atoms with Crippen molar-refractivity contribution in [1.82, 2.24) is 0 Å². The molecule has 0 saturated carbocycles. The molecule has 1 aromatic carbocycles. The summed E-state index contributed by atoms with van der Waals surface area (Å²) in [4.78, 5) is -0.680. The summed E-state index contributed by atoms with van der Waals surface area (Å²) < 4.78 is 77.3. The standard InChI is InChI=1S/C16H18F4O3S/c1-5-9-15(21,16(18,19)20)10-14(2,3)11-7-6-8-12(17)13(11)24(4,22)23/h1,6-8,21H,9-10H2,2-4H3. The Hall–Kier alpha value is -1.59. The molecule has 24 heavy (non-hydrogen) atoms. The van der Waals surface area contributed by atoms with Crippen LogP contribution in [0.2, 0.25) is 0 Å². The summed E-state index contributed by atoms with van der Waals surface area (Å²) in [7, 11) is -4.03. The number of terminal acetylenes is 1. The largest absolute Gasteiger partial charge is 0.418 e. The third kappa shape index (κ3) is 4.08. The van der Waals surface area contributed by atoms with Gasteiger partial charge in [-0.25, -0.2) is 12.8 Å². The molecule has 8 heteroatoms. The Balaban J connectivity index is 3.52. The van der Waals surface area contributed by atoms with Crippen LogP contribution in [-0.2, 0) is 15.3 Å². The van der Waals surface area contributed by atoms with Crippen molar-refractivity contribution < 1.29 is 31.1 Å². The predicted octanol–water partition coefficient (Wildman–Crippen LogP) is 3.21. The van der Waals surface area contributed by atoms with Gasteiger partial charge in [-0.05, 0) is 23.5 Å². The fraction of sp³-hybridized carbons (Fsp3) is 0.500. The Morgan fingerprint density at radius 1 is 1.25 bits per heavy atom. The van der Waals surface area contributed by atoms with Crippen molar-refractivity contribution in [2.45, 2.75) is 48.8 Å². The SMILES string of the molecule is C#CCC(O)(CC(C)(C)c1cccc(F)c1S(C)(=O)=O)C(F)(F)F. The van der Waals surface area contributed by atoms with Crippen LogP contribution in [-0.4, -0.2) is 31.6 Å². The van der Waals surface area contributed by atoms with E-state index in [1.807, 2.05) is 0 Å². The van der Waals surface area contributed by atoms with Crippen molar-refractivity contribution in [2.75, 3.05) is 6.26 Å². The van der Waals surface area contributed by atoms with Gasteiger partial charge in [-0.2, -0.15) is 13.2 Å². The predicted molar refractivity (Wildman–Crippen MR) is 81.6 cm³/mol. The average molecular weight is 366 g/mol. The molecule has 0 fully saturated rings. The fourth-order valence-electron chi connectivity index (χ4n) is 2.68. The fourth-order valence-corrected chi connectivity index (χ4v) is 3.84. The molecule has 0 radical (unpaired) electrons. The zero-order valence-electron chi connectivity index (χ0n) is 13.4. The zero-order valence-corrected chi connectivity index (χ0v) is 14.2. The minimum absolute atomic E-state index is 0.148. The lowest BCUT2D eigenvalue weighted by atomic mass is 9.74. The Morgan fingerprint density at radius 3 is 2.21 bits per heavy atom. The van der Waals surface area contributed by atoms with E-state index >= 15 is 0 Å². The van der Waals surface area contributed by atoms with E-state index < -0.39 is 50.6 Å². The summed E-state index contributed by atoms with van der Waals surface area (Å²) in [6.45, 7) is 2.59. The van der Waals surface area contributed by atoms with E-state index in [4.69, 9.17) is 6.42 Å². The number of rotatable bonds is 5. The Kier molecular flexibility index (Phi) is 5.43. The lowest BCUT2D eigenvalue weighted by Crippen LogP contribution is -2.49. The normalized spacial score (nSPS) is 15.6. The number of hydrogen-bond acceptors (Lipinski definition) is 3. The molecule has 1 rings (SSSR count). The molecule has 3 nitrogen and oxygen atoms in total. The summed E-state index contributed by atoms with van der Waals surface area (Å²) in [5.74, 6) is 0.723. The van der Waals surface area contributed by atoms with Gasteiger partial charge in [0.2, 0.25) is 0 Å². The number of alkyl halides is 3. The van der Waals surface area contributed by atoms with Gasteiger partial charge in [0.1, 0.15) is 10.7 Å². The van der Waals surface area contributed by atoms with Crippen molar-refractivity contribution in [2.24, 2.45) is 0 Å². The maximum absolute atomic E-state index is 14.0. The maximum atomic E-state index is 14.0. The highest BCUT2D eigenvalue weighted by atomic mass is 32.2. The molecule has 0 aromatic heterocycles. The van der Waals surface area contributed by atoms with Crippen LogP contribution < -0.4 is 0 Å². The molecular formula is C16H18F4O3S. The van der Waals surface area contributed by atoms with E-state index in [9.17, 15) is 31.1 Å². The Labute approximate surface area is 138 Å². The van der Waals surface area contributed by atoms with Gasteiger partial charge >= 0.3 is 6.18 Å². The van der Waals surface area contributed by atoms with E-state index in [1.54, 1.807) is 5.92 Å². The summed E-state index contributed by atoms with van der Waals surface area (Å²) >= 11 is 0. The molecule has 0 aliphatic heterocycles. The van der Waals surface area contributed by atoms with E-state index in [0.29, 0.717) is 0 Å². The molecule has 0 bridgehead atoms. The molecule has 0 aliphatic rings. The highest BCUT2D eigenvalue weighted by Gasteiger charge is 2.55. The second-order valence-corrected chi connectivity index (χ2v) is 8.31. The van der Waals surface area contributed by atoms with Gasteiger partial charge in [-0.1, -0.05) is 26.0 Å². The molecule has 0 aliphatic carbocycles. The second-order valence-electron chi connectivity index (χ2n) is 6.36. The summed E-state index contributed by atoms with van der Waals surface area (Å²) in [6, 6.07) is 3.34. The smallest absolute Gasteiger partial charge is 0.380 e. The van der Waals surface area contributed by atoms with E-state index in [1.165, 1.54) is 26.0 Å². The van der Waals surface area contributed by atoms with Crippen LogP contribution >= 0.6 is 0 Å². The molecule has 0 spiro atoms. The number of hydrogen-bond donors (Lipinski definition) is 1. The van der Waals surface area contributed by atoms with Gasteiger partial charge in [0.25, 0.3) is 0 Å². The average Bonchev–Trinajstić information content (AvgIpc) is 2.35. The molecule has 0 amide bonds. The van der Waals surface area contributed by atoms with Crippen molar-refractivity contribution >= 4 is 9.84 Å². The summed E-state index contributed by atoms with van der Waals surface area (Å²) in [5, 5.41) is 10.00. The first-order chi connectivity index (χ1) is 10.7. The second kappa shape index (κ2) is 6.37. The highest BCUT2D eigenvalue weighted by Crippen LogP contribution is 2.44. The molecule has 1 aromatic rings. The molecule has 0 heterocycles. The molecule has 134 valence electrons. The number of benzene rings is 1. The highest BCUT2D eigenvalue weighted by molar-refractivity contribution is 7.90. The number of halogens is 4. The van der Waals surface area contributed by atoms with Crippen LogP contribution in [0.25, 0.3) is 0 Å². The maximum Gasteiger partial charge on any atom is 0.418 e. The van der Waals surface area contributed by atoms with Crippen LogP contribution in [0.3, 0.4) is 0 Å². The molecule has 1 atom stereocenters. The molecule has 0 saturated heterocycles. The van der Waals surface area contributed by atoms with Gasteiger partial charge < -0.3 is 5.11 Å². The van der Waals surface area contributed by atoms with Crippen molar-refractivity contribution in [1.29, 1.82) is 0 Å². The van der Waals surface area contributed by atoms with Gasteiger partial charge in [0.05, 0.1) is 0 Å². The monoisotopic (exact) mass is 366 g/mol. The van der Waals surface area contributed by atoms with Crippen molar-refractivity contribution in [3.05, 3.63) is 29.6 Å². The molecule has 1 unspecified atom stereocenters. The van der Waals surface area contributed by atoms with Crippen LogP contribution in [0.5, 0.6) is 0 Å².